The topological polar surface area (TPSA) is 49.0 Å². The molecule has 4 nitrogen and oxygen atoms in total. The van der Waals surface area contributed by atoms with Crippen LogP contribution in [0.25, 0.3) is 10.9 Å². The standard InChI is InChI=1S/C24H23N3O/c1-18(22-12-7-8-14-25-22)27(16-19-9-3-2-4-10-19)17-21-15-20-11-5-6-13-23(20)26-24(21)28/h2-15,18H,16-17H2,1H3,(H,26,28)/t18-/m1/s1. The maximum Gasteiger partial charge on any atom is 0.252 e. The van der Waals surface area contributed by atoms with Crippen LogP contribution in [0.1, 0.15) is 29.8 Å². The second-order valence-electron chi connectivity index (χ2n) is 7.03. The maximum atomic E-state index is 12.7. The fraction of sp³-hybridized carbons (Fsp3) is 0.167. The van der Waals surface area contributed by atoms with Gasteiger partial charge in [0.05, 0.1) is 5.69 Å². The van der Waals surface area contributed by atoms with Gasteiger partial charge in [0, 0.05) is 36.4 Å². The molecule has 0 saturated heterocycles. The molecule has 2 aromatic carbocycles. The Labute approximate surface area is 164 Å². The molecule has 1 N–H and O–H groups in total. The zero-order valence-corrected chi connectivity index (χ0v) is 15.9. The van der Waals surface area contributed by atoms with Crippen molar-refractivity contribution in [1.82, 2.24) is 14.9 Å². The molecular weight excluding hydrogens is 346 g/mol. The molecule has 0 bridgehead atoms. The fourth-order valence-electron chi connectivity index (χ4n) is 3.49. The average Bonchev–Trinajstić information content (AvgIpc) is 2.74. The van der Waals surface area contributed by atoms with E-state index < -0.39 is 0 Å². The van der Waals surface area contributed by atoms with Crippen LogP contribution in [0.5, 0.6) is 0 Å². The van der Waals surface area contributed by atoms with Crippen molar-refractivity contribution in [1.29, 1.82) is 0 Å². The number of para-hydroxylation sites is 1. The van der Waals surface area contributed by atoms with E-state index in [0.29, 0.717) is 6.54 Å². The highest BCUT2D eigenvalue weighted by molar-refractivity contribution is 5.78. The molecule has 4 rings (SSSR count). The van der Waals surface area contributed by atoms with Gasteiger partial charge >= 0.3 is 0 Å². The fourth-order valence-corrected chi connectivity index (χ4v) is 3.49. The van der Waals surface area contributed by atoms with Gasteiger partial charge in [-0.15, -0.1) is 0 Å². The van der Waals surface area contributed by atoms with Gasteiger partial charge in [-0.05, 0) is 42.1 Å². The van der Waals surface area contributed by atoms with Gasteiger partial charge in [-0.25, -0.2) is 0 Å². The molecule has 0 amide bonds. The molecule has 0 spiro atoms. The van der Waals surface area contributed by atoms with Crippen LogP contribution in [0.4, 0.5) is 0 Å². The van der Waals surface area contributed by atoms with Crippen LogP contribution in [0.15, 0.2) is 89.9 Å². The molecular formula is C24H23N3O. The molecule has 0 aliphatic heterocycles. The number of nitrogens with one attached hydrogen (secondary N) is 1. The van der Waals surface area contributed by atoms with E-state index in [0.717, 1.165) is 28.7 Å². The lowest BCUT2D eigenvalue weighted by molar-refractivity contribution is 0.188. The molecule has 0 aliphatic carbocycles. The first-order valence-corrected chi connectivity index (χ1v) is 9.50. The maximum absolute atomic E-state index is 12.7. The Morgan fingerprint density at radius 1 is 0.929 bits per heavy atom. The first-order valence-electron chi connectivity index (χ1n) is 9.50. The molecule has 4 heteroatoms. The van der Waals surface area contributed by atoms with E-state index in [-0.39, 0.29) is 11.6 Å². The Balaban J connectivity index is 1.69. The Hall–Kier alpha value is -3.24. The lowest BCUT2D eigenvalue weighted by Gasteiger charge is -2.29. The zero-order valence-electron chi connectivity index (χ0n) is 15.9. The van der Waals surface area contributed by atoms with Crippen molar-refractivity contribution in [2.75, 3.05) is 0 Å². The molecule has 140 valence electrons. The van der Waals surface area contributed by atoms with Gasteiger partial charge < -0.3 is 4.98 Å². The van der Waals surface area contributed by atoms with Crippen LogP contribution in [-0.4, -0.2) is 14.9 Å². The summed E-state index contributed by atoms with van der Waals surface area (Å²) in [6, 6.07) is 26.2. The molecule has 0 aliphatic rings. The average molecular weight is 369 g/mol. The summed E-state index contributed by atoms with van der Waals surface area (Å²) >= 11 is 0. The number of fused-ring (bicyclic) bond motifs is 1. The highest BCUT2D eigenvalue weighted by Gasteiger charge is 2.19. The van der Waals surface area contributed by atoms with Crippen molar-refractivity contribution in [2.45, 2.75) is 26.1 Å². The van der Waals surface area contributed by atoms with Crippen molar-refractivity contribution in [3.63, 3.8) is 0 Å². The van der Waals surface area contributed by atoms with Crippen LogP contribution in [0.2, 0.25) is 0 Å². The van der Waals surface area contributed by atoms with Gasteiger partial charge in [-0.1, -0.05) is 54.6 Å². The normalized spacial score (nSPS) is 12.4. The van der Waals surface area contributed by atoms with Gasteiger partial charge in [0.15, 0.2) is 0 Å². The van der Waals surface area contributed by atoms with Crippen molar-refractivity contribution in [3.8, 4) is 0 Å². The monoisotopic (exact) mass is 369 g/mol. The summed E-state index contributed by atoms with van der Waals surface area (Å²) in [5, 5.41) is 1.04. The van der Waals surface area contributed by atoms with Crippen LogP contribution in [0, 0.1) is 0 Å². The minimum Gasteiger partial charge on any atom is -0.322 e. The minimum absolute atomic E-state index is 0.0371. The number of H-pyrrole nitrogens is 1. The predicted molar refractivity (Wildman–Crippen MR) is 113 cm³/mol. The van der Waals surface area contributed by atoms with E-state index in [2.05, 4.69) is 33.9 Å². The summed E-state index contributed by atoms with van der Waals surface area (Å²) in [5.41, 5.74) is 3.80. The molecule has 0 radical (unpaired) electrons. The van der Waals surface area contributed by atoms with Crippen LogP contribution in [0.3, 0.4) is 0 Å². The Morgan fingerprint density at radius 2 is 1.68 bits per heavy atom. The van der Waals surface area contributed by atoms with E-state index in [9.17, 15) is 4.79 Å². The quantitative estimate of drug-likeness (QED) is 0.536. The Kier molecular flexibility index (Phi) is 5.31. The van der Waals surface area contributed by atoms with E-state index in [1.807, 2.05) is 72.9 Å². The van der Waals surface area contributed by atoms with Gasteiger partial charge in [0.25, 0.3) is 5.56 Å². The molecule has 0 saturated carbocycles. The largest absolute Gasteiger partial charge is 0.322 e. The third-order valence-electron chi connectivity index (χ3n) is 5.10. The van der Waals surface area contributed by atoms with Crippen LogP contribution in [-0.2, 0) is 13.1 Å². The number of pyridine rings is 2. The lowest BCUT2D eigenvalue weighted by atomic mass is 10.1. The first-order chi connectivity index (χ1) is 13.7. The van der Waals surface area contributed by atoms with Gasteiger partial charge in [-0.2, -0.15) is 0 Å². The summed E-state index contributed by atoms with van der Waals surface area (Å²) < 4.78 is 0. The van der Waals surface area contributed by atoms with E-state index in [4.69, 9.17) is 0 Å². The summed E-state index contributed by atoms with van der Waals surface area (Å²) in [7, 11) is 0. The number of hydrogen-bond acceptors (Lipinski definition) is 3. The van der Waals surface area contributed by atoms with Crippen LogP contribution < -0.4 is 5.56 Å². The second kappa shape index (κ2) is 8.19. The molecule has 2 heterocycles. The lowest BCUT2D eigenvalue weighted by Crippen LogP contribution is -2.29. The molecule has 2 aromatic heterocycles. The van der Waals surface area contributed by atoms with E-state index in [1.54, 1.807) is 0 Å². The summed E-state index contributed by atoms with van der Waals surface area (Å²) in [5.74, 6) is 0. The highest BCUT2D eigenvalue weighted by Crippen LogP contribution is 2.23. The van der Waals surface area contributed by atoms with Crippen molar-refractivity contribution in [3.05, 3.63) is 112 Å². The summed E-state index contributed by atoms with van der Waals surface area (Å²) in [6.07, 6.45) is 1.81. The molecule has 0 fully saturated rings. The van der Waals surface area contributed by atoms with Crippen molar-refractivity contribution in [2.24, 2.45) is 0 Å². The van der Waals surface area contributed by atoms with E-state index >= 15 is 0 Å². The number of hydrogen-bond donors (Lipinski definition) is 1. The van der Waals surface area contributed by atoms with Gasteiger partial charge in [0.2, 0.25) is 0 Å². The molecule has 4 aromatic rings. The number of aromatic nitrogens is 2. The highest BCUT2D eigenvalue weighted by atomic mass is 16.1. The molecule has 0 unspecified atom stereocenters. The predicted octanol–water partition coefficient (Wildman–Crippen LogP) is 4.69. The van der Waals surface area contributed by atoms with E-state index in [1.165, 1.54) is 5.56 Å². The third-order valence-corrected chi connectivity index (χ3v) is 5.10. The smallest absolute Gasteiger partial charge is 0.252 e. The van der Waals surface area contributed by atoms with Crippen molar-refractivity contribution >= 4 is 10.9 Å². The Bertz CT molecular complexity index is 1110. The third kappa shape index (κ3) is 4.02. The molecule has 28 heavy (non-hydrogen) atoms. The minimum atomic E-state index is -0.0371. The zero-order chi connectivity index (χ0) is 19.3. The van der Waals surface area contributed by atoms with Gasteiger partial charge in [0.1, 0.15) is 0 Å². The van der Waals surface area contributed by atoms with Gasteiger partial charge in [-0.3, -0.25) is 14.7 Å². The number of aromatic amines is 1. The summed E-state index contributed by atoms with van der Waals surface area (Å²) in [6.45, 7) is 3.43. The number of rotatable bonds is 6. The number of benzene rings is 2. The van der Waals surface area contributed by atoms with Crippen molar-refractivity contribution < 1.29 is 0 Å². The number of nitrogens with zero attached hydrogens (tertiary/aromatic N) is 2. The molecule has 1 atom stereocenters. The SMILES string of the molecule is C[C@H](c1ccccn1)N(Cc1ccccc1)Cc1cc2ccccc2[nH]c1=O. The Morgan fingerprint density at radius 3 is 2.46 bits per heavy atom. The second-order valence-corrected chi connectivity index (χ2v) is 7.03. The first kappa shape index (κ1) is 18.1. The summed E-state index contributed by atoms with van der Waals surface area (Å²) in [4.78, 5) is 22.5. The van der Waals surface area contributed by atoms with Crippen LogP contribution >= 0.6 is 0 Å².